The Morgan fingerprint density at radius 1 is 1.28 bits per heavy atom. The zero-order chi connectivity index (χ0) is 13.0. The van der Waals surface area contributed by atoms with Gasteiger partial charge in [0.1, 0.15) is 11.6 Å². The number of hydrogen-bond donors (Lipinski definition) is 1. The monoisotopic (exact) mass is 238 g/mol. The molecule has 18 heavy (non-hydrogen) atoms. The average Bonchev–Trinajstić information content (AvgIpc) is 2.38. The Kier molecular flexibility index (Phi) is 3.54. The lowest BCUT2D eigenvalue weighted by molar-refractivity contribution is 0.839. The first kappa shape index (κ1) is 12.1. The van der Waals surface area contributed by atoms with Crippen molar-refractivity contribution >= 4 is 5.82 Å². The minimum Gasteiger partial charge on any atom is -0.384 e. The molecule has 2 N–H and O–H groups in total. The molecule has 0 saturated heterocycles. The summed E-state index contributed by atoms with van der Waals surface area (Å²) < 4.78 is 0. The third-order valence-corrected chi connectivity index (χ3v) is 2.55. The molecule has 0 fully saturated rings. The number of hydrogen-bond acceptors (Lipinski definition) is 4. The van der Waals surface area contributed by atoms with Gasteiger partial charge in [0.15, 0.2) is 0 Å². The maximum atomic E-state index is 8.89. The summed E-state index contributed by atoms with van der Waals surface area (Å²) in [7, 11) is 0. The van der Waals surface area contributed by atoms with Crippen LogP contribution in [0.25, 0.3) is 11.3 Å². The van der Waals surface area contributed by atoms with Crippen molar-refractivity contribution in [2.24, 2.45) is 0 Å². The van der Waals surface area contributed by atoms with E-state index in [1.165, 1.54) is 0 Å². The van der Waals surface area contributed by atoms with Crippen LogP contribution >= 0.6 is 0 Å². The van der Waals surface area contributed by atoms with E-state index in [2.05, 4.69) is 23.0 Å². The maximum absolute atomic E-state index is 8.89. The molecule has 0 saturated carbocycles. The molecule has 0 bridgehead atoms. The van der Waals surface area contributed by atoms with Crippen LogP contribution in [0.3, 0.4) is 0 Å². The molecular formula is C14H14N4. The van der Waals surface area contributed by atoms with Gasteiger partial charge in [0, 0.05) is 18.1 Å². The largest absolute Gasteiger partial charge is 0.384 e. The van der Waals surface area contributed by atoms with Crippen LogP contribution < -0.4 is 5.73 Å². The minimum atomic E-state index is 0.464. The van der Waals surface area contributed by atoms with Crippen LogP contribution in [-0.4, -0.2) is 9.97 Å². The van der Waals surface area contributed by atoms with Crippen molar-refractivity contribution in [3.05, 3.63) is 41.7 Å². The normalized spacial score (nSPS) is 10.0. The fourth-order valence-corrected chi connectivity index (χ4v) is 1.75. The van der Waals surface area contributed by atoms with Crippen molar-refractivity contribution in [2.75, 3.05) is 5.73 Å². The number of nitriles is 1. The van der Waals surface area contributed by atoms with Crippen molar-refractivity contribution in [3.8, 4) is 17.3 Å². The molecule has 1 heterocycles. The summed E-state index contributed by atoms with van der Waals surface area (Å²) >= 11 is 0. The van der Waals surface area contributed by atoms with Gasteiger partial charge in [0.2, 0.25) is 0 Å². The molecule has 0 unspecified atom stereocenters. The predicted molar refractivity (Wildman–Crippen MR) is 70.6 cm³/mol. The summed E-state index contributed by atoms with van der Waals surface area (Å²) in [6.45, 7) is 2.07. The van der Waals surface area contributed by atoms with E-state index >= 15 is 0 Å². The topological polar surface area (TPSA) is 75.6 Å². The molecule has 90 valence electrons. The fraction of sp³-hybridized carbons (Fsp3) is 0.214. The highest BCUT2D eigenvalue weighted by molar-refractivity contribution is 5.63. The van der Waals surface area contributed by atoms with E-state index in [1.54, 1.807) is 18.2 Å². The average molecular weight is 238 g/mol. The Hall–Kier alpha value is -2.41. The van der Waals surface area contributed by atoms with Crippen molar-refractivity contribution in [2.45, 2.75) is 19.8 Å². The lowest BCUT2D eigenvalue weighted by Crippen LogP contribution is -2.01. The molecule has 0 radical (unpaired) electrons. The van der Waals surface area contributed by atoms with Gasteiger partial charge in [-0.05, 0) is 18.6 Å². The molecule has 1 aromatic carbocycles. The Morgan fingerprint density at radius 3 is 2.83 bits per heavy atom. The Morgan fingerprint density at radius 2 is 2.11 bits per heavy atom. The summed E-state index contributed by atoms with van der Waals surface area (Å²) in [5.41, 5.74) is 8.05. The number of nitrogens with two attached hydrogens (primary N) is 1. The number of rotatable bonds is 3. The maximum Gasteiger partial charge on any atom is 0.131 e. The molecule has 0 aliphatic heterocycles. The van der Waals surface area contributed by atoms with Crippen molar-refractivity contribution in [1.82, 2.24) is 9.97 Å². The smallest absolute Gasteiger partial charge is 0.131 e. The number of aromatic nitrogens is 2. The molecule has 2 aromatic rings. The quantitative estimate of drug-likeness (QED) is 0.891. The van der Waals surface area contributed by atoms with Gasteiger partial charge in [0.25, 0.3) is 0 Å². The second-order valence-electron chi connectivity index (χ2n) is 4.04. The Balaban J connectivity index is 2.46. The van der Waals surface area contributed by atoms with E-state index in [0.717, 1.165) is 29.9 Å². The van der Waals surface area contributed by atoms with E-state index in [4.69, 9.17) is 11.0 Å². The molecular weight excluding hydrogens is 224 g/mol. The summed E-state index contributed by atoms with van der Waals surface area (Å²) in [6.07, 6.45) is 1.77. The third kappa shape index (κ3) is 2.64. The predicted octanol–water partition coefficient (Wildman–Crippen LogP) is 2.55. The Bertz CT molecular complexity index is 599. The van der Waals surface area contributed by atoms with Crippen LogP contribution in [0.4, 0.5) is 5.82 Å². The third-order valence-electron chi connectivity index (χ3n) is 2.55. The molecule has 0 aliphatic carbocycles. The van der Waals surface area contributed by atoms with Crippen LogP contribution in [0.5, 0.6) is 0 Å². The minimum absolute atomic E-state index is 0.464. The van der Waals surface area contributed by atoms with E-state index in [-0.39, 0.29) is 0 Å². The zero-order valence-electron chi connectivity index (χ0n) is 10.2. The van der Waals surface area contributed by atoms with Gasteiger partial charge >= 0.3 is 0 Å². The van der Waals surface area contributed by atoms with E-state index < -0.39 is 0 Å². The highest BCUT2D eigenvalue weighted by Crippen LogP contribution is 2.20. The van der Waals surface area contributed by atoms with Crippen LogP contribution in [-0.2, 0) is 6.42 Å². The Labute approximate surface area is 106 Å². The van der Waals surface area contributed by atoms with Gasteiger partial charge in [-0.3, -0.25) is 0 Å². The molecule has 0 spiro atoms. The molecule has 4 heteroatoms. The summed E-state index contributed by atoms with van der Waals surface area (Å²) in [4.78, 5) is 8.66. The highest BCUT2D eigenvalue weighted by Gasteiger charge is 2.05. The molecule has 2 rings (SSSR count). The van der Waals surface area contributed by atoms with Gasteiger partial charge in [0.05, 0.1) is 17.3 Å². The summed E-state index contributed by atoms with van der Waals surface area (Å²) in [6, 6.07) is 11.2. The first-order chi connectivity index (χ1) is 8.72. The second kappa shape index (κ2) is 5.28. The number of anilines is 1. The van der Waals surface area contributed by atoms with Gasteiger partial charge in [-0.15, -0.1) is 0 Å². The highest BCUT2D eigenvalue weighted by atomic mass is 14.9. The van der Waals surface area contributed by atoms with Crippen LogP contribution in [0.1, 0.15) is 24.7 Å². The van der Waals surface area contributed by atoms with Gasteiger partial charge in [-0.25, -0.2) is 9.97 Å². The molecule has 0 atom stereocenters. The van der Waals surface area contributed by atoms with Crippen molar-refractivity contribution in [3.63, 3.8) is 0 Å². The number of nitrogens with zero attached hydrogens (tertiary/aromatic N) is 3. The fourth-order valence-electron chi connectivity index (χ4n) is 1.75. The zero-order valence-corrected chi connectivity index (χ0v) is 10.2. The lowest BCUT2D eigenvalue weighted by Gasteiger charge is -2.05. The van der Waals surface area contributed by atoms with E-state index in [9.17, 15) is 0 Å². The first-order valence-corrected chi connectivity index (χ1v) is 5.87. The number of benzene rings is 1. The standard InChI is InChI=1S/C14H14N4/c1-2-4-14-17-12(8-13(16)18-14)11-6-3-5-10(7-11)9-15/h3,5-8H,2,4H2,1H3,(H2,16,17,18). The molecule has 0 aliphatic rings. The van der Waals surface area contributed by atoms with Gasteiger partial charge in [-0.2, -0.15) is 5.26 Å². The van der Waals surface area contributed by atoms with Crippen molar-refractivity contribution < 1.29 is 0 Å². The van der Waals surface area contributed by atoms with Crippen LogP contribution in [0, 0.1) is 11.3 Å². The van der Waals surface area contributed by atoms with E-state index in [1.807, 2.05) is 12.1 Å². The lowest BCUT2D eigenvalue weighted by atomic mass is 10.1. The van der Waals surface area contributed by atoms with Crippen molar-refractivity contribution in [1.29, 1.82) is 5.26 Å². The van der Waals surface area contributed by atoms with Crippen LogP contribution in [0.2, 0.25) is 0 Å². The van der Waals surface area contributed by atoms with E-state index in [0.29, 0.717) is 11.4 Å². The van der Waals surface area contributed by atoms with Gasteiger partial charge in [-0.1, -0.05) is 19.1 Å². The van der Waals surface area contributed by atoms with Crippen LogP contribution in [0.15, 0.2) is 30.3 Å². The number of aryl methyl sites for hydroxylation is 1. The number of nitrogen functional groups attached to an aromatic ring is 1. The first-order valence-electron chi connectivity index (χ1n) is 5.87. The molecule has 4 nitrogen and oxygen atoms in total. The summed E-state index contributed by atoms with van der Waals surface area (Å²) in [5, 5.41) is 8.89. The molecule has 0 amide bonds. The summed E-state index contributed by atoms with van der Waals surface area (Å²) in [5.74, 6) is 1.21. The second-order valence-corrected chi connectivity index (χ2v) is 4.04. The molecule has 1 aromatic heterocycles. The van der Waals surface area contributed by atoms with Gasteiger partial charge < -0.3 is 5.73 Å². The SMILES string of the molecule is CCCc1nc(N)cc(-c2cccc(C#N)c2)n1.